The monoisotopic (exact) mass is 468 g/mol. The van der Waals surface area contributed by atoms with Gasteiger partial charge in [-0.25, -0.2) is 4.79 Å². The van der Waals surface area contributed by atoms with Crippen LogP contribution in [-0.4, -0.2) is 36.6 Å². The smallest absolute Gasteiger partial charge is 0.338 e. The van der Waals surface area contributed by atoms with Crippen LogP contribution >= 0.6 is 11.3 Å². The Hall–Kier alpha value is -3.92. The van der Waals surface area contributed by atoms with Crippen LogP contribution in [0.4, 0.5) is 11.4 Å². The number of ether oxygens (including phenoxy) is 3. The molecule has 0 fully saturated rings. The number of rotatable bonds is 7. The molecule has 1 aliphatic heterocycles. The van der Waals surface area contributed by atoms with Gasteiger partial charge in [-0.1, -0.05) is 6.07 Å². The first kappa shape index (κ1) is 22.3. The van der Waals surface area contributed by atoms with Crippen molar-refractivity contribution in [2.75, 3.05) is 24.7 Å². The van der Waals surface area contributed by atoms with E-state index in [0.717, 1.165) is 4.88 Å². The lowest BCUT2D eigenvalue weighted by molar-refractivity contribution is -0.385. The molecule has 170 valence electrons. The zero-order valence-electron chi connectivity index (χ0n) is 17.7. The third kappa shape index (κ3) is 5.12. The standard InChI is InChI=1S/C23H20N2O7S/c1-15-11-16(4-6-19(15)25(28)29)23(27)32-14-22(26)24(13-18-3-2-10-33-18)17-5-7-20-21(12-17)31-9-8-30-20/h2-7,10-12H,8-9,13-14H2,1H3. The Morgan fingerprint density at radius 2 is 1.91 bits per heavy atom. The van der Waals surface area contributed by atoms with Gasteiger partial charge in [0.1, 0.15) is 13.2 Å². The van der Waals surface area contributed by atoms with Crippen molar-refractivity contribution in [2.24, 2.45) is 0 Å². The van der Waals surface area contributed by atoms with E-state index in [-0.39, 0.29) is 11.3 Å². The van der Waals surface area contributed by atoms with Crippen molar-refractivity contribution in [1.82, 2.24) is 0 Å². The van der Waals surface area contributed by atoms with E-state index in [4.69, 9.17) is 14.2 Å². The second kappa shape index (κ2) is 9.70. The maximum atomic E-state index is 13.1. The molecule has 0 atom stereocenters. The van der Waals surface area contributed by atoms with E-state index in [1.807, 2.05) is 17.5 Å². The molecular formula is C23H20N2O7S. The van der Waals surface area contributed by atoms with Gasteiger partial charge in [0, 0.05) is 28.3 Å². The van der Waals surface area contributed by atoms with Crippen LogP contribution in [0.25, 0.3) is 0 Å². The Kier molecular flexibility index (Phi) is 6.55. The highest BCUT2D eigenvalue weighted by Gasteiger charge is 2.22. The van der Waals surface area contributed by atoms with E-state index in [2.05, 4.69) is 0 Å². The fourth-order valence-corrected chi connectivity index (χ4v) is 4.05. The van der Waals surface area contributed by atoms with Gasteiger partial charge in [0.2, 0.25) is 0 Å². The van der Waals surface area contributed by atoms with Gasteiger partial charge in [-0.15, -0.1) is 11.3 Å². The molecule has 0 saturated carbocycles. The zero-order chi connectivity index (χ0) is 23.4. The summed E-state index contributed by atoms with van der Waals surface area (Å²) < 4.78 is 16.4. The lowest BCUT2D eigenvalue weighted by atomic mass is 10.1. The van der Waals surface area contributed by atoms with Crippen molar-refractivity contribution in [2.45, 2.75) is 13.5 Å². The van der Waals surface area contributed by atoms with Crippen molar-refractivity contribution in [3.8, 4) is 11.5 Å². The van der Waals surface area contributed by atoms with E-state index in [9.17, 15) is 19.7 Å². The highest BCUT2D eigenvalue weighted by molar-refractivity contribution is 7.09. The Balaban J connectivity index is 1.50. The summed E-state index contributed by atoms with van der Waals surface area (Å²) in [5.41, 5.74) is 0.953. The summed E-state index contributed by atoms with van der Waals surface area (Å²) in [6.07, 6.45) is 0. The number of anilines is 1. The maximum Gasteiger partial charge on any atom is 0.338 e. The van der Waals surface area contributed by atoms with E-state index in [0.29, 0.717) is 42.5 Å². The number of benzene rings is 2. The lowest BCUT2D eigenvalue weighted by Crippen LogP contribution is -2.34. The molecule has 0 bridgehead atoms. The third-order valence-corrected chi connectivity index (χ3v) is 5.85. The molecule has 1 aliphatic rings. The van der Waals surface area contributed by atoms with Crippen LogP contribution < -0.4 is 14.4 Å². The first-order valence-electron chi connectivity index (χ1n) is 10.1. The number of fused-ring (bicyclic) bond motifs is 1. The van der Waals surface area contributed by atoms with E-state index in [1.165, 1.54) is 41.4 Å². The maximum absolute atomic E-state index is 13.1. The highest BCUT2D eigenvalue weighted by atomic mass is 32.1. The average Bonchev–Trinajstić information content (AvgIpc) is 3.33. The van der Waals surface area contributed by atoms with Crippen molar-refractivity contribution in [3.05, 3.63) is 80.0 Å². The molecule has 33 heavy (non-hydrogen) atoms. The minimum Gasteiger partial charge on any atom is -0.486 e. The normalized spacial score (nSPS) is 12.2. The van der Waals surface area contributed by atoms with Crippen LogP contribution in [0.1, 0.15) is 20.8 Å². The lowest BCUT2D eigenvalue weighted by Gasteiger charge is -2.25. The molecule has 1 aromatic heterocycles. The van der Waals surface area contributed by atoms with Crippen LogP contribution in [0.15, 0.2) is 53.9 Å². The van der Waals surface area contributed by atoms with Crippen molar-refractivity contribution < 1.29 is 28.7 Å². The second-order valence-electron chi connectivity index (χ2n) is 7.22. The number of carbonyl (C=O) groups is 2. The van der Waals surface area contributed by atoms with Crippen LogP contribution in [0.2, 0.25) is 0 Å². The number of hydrogen-bond donors (Lipinski definition) is 0. The molecule has 1 amide bonds. The summed E-state index contributed by atoms with van der Waals surface area (Å²) in [7, 11) is 0. The minimum atomic E-state index is -0.736. The summed E-state index contributed by atoms with van der Waals surface area (Å²) >= 11 is 1.51. The molecular weight excluding hydrogens is 448 g/mol. The molecule has 0 aliphatic carbocycles. The number of thiophene rings is 1. The van der Waals surface area contributed by atoms with Gasteiger partial charge < -0.3 is 19.1 Å². The predicted molar refractivity (Wildman–Crippen MR) is 121 cm³/mol. The number of hydrogen-bond acceptors (Lipinski definition) is 8. The van der Waals surface area contributed by atoms with Gasteiger partial charge in [-0.2, -0.15) is 0 Å². The SMILES string of the molecule is Cc1cc(C(=O)OCC(=O)N(Cc2cccs2)c2ccc3c(c2)OCCO3)ccc1[N+](=O)[O-]. The Morgan fingerprint density at radius 3 is 2.61 bits per heavy atom. The van der Waals surface area contributed by atoms with Crippen molar-refractivity contribution in [3.63, 3.8) is 0 Å². The summed E-state index contributed by atoms with van der Waals surface area (Å²) in [6.45, 7) is 2.22. The summed E-state index contributed by atoms with van der Waals surface area (Å²) in [4.78, 5) is 38.4. The van der Waals surface area contributed by atoms with E-state index < -0.39 is 23.4 Å². The Labute approximate surface area is 193 Å². The van der Waals surface area contributed by atoms with Crippen LogP contribution in [-0.2, 0) is 16.1 Å². The van der Waals surface area contributed by atoms with Crippen molar-refractivity contribution in [1.29, 1.82) is 0 Å². The number of nitrogens with zero attached hydrogens (tertiary/aromatic N) is 2. The molecule has 2 aromatic carbocycles. The van der Waals surface area contributed by atoms with Gasteiger partial charge in [0.15, 0.2) is 18.1 Å². The zero-order valence-corrected chi connectivity index (χ0v) is 18.5. The molecule has 2 heterocycles. The topological polar surface area (TPSA) is 108 Å². The number of carbonyl (C=O) groups excluding carboxylic acids is 2. The minimum absolute atomic E-state index is 0.0941. The summed E-state index contributed by atoms with van der Waals surface area (Å²) in [5, 5.41) is 12.9. The van der Waals surface area contributed by atoms with Crippen LogP contribution in [0.5, 0.6) is 11.5 Å². The molecule has 0 saturated heterocycles. The summed E-state index contributed by atoms with van der Waals surface area (Å²) in [5.74, 6) is -0.0128. The van der Waals surface area contributed by atoms with Gasteiger partial charge in [-0.05, 0) is 42.6 Å². The van der Waals surface area contributed by atoms with Gasteiger partial charge in [0.05, 0.1) is 17.0 Å². The molecule has 4 rings (SSSR count). The van der Waals surface area contributed by atoms with Crippen LogP contribution in [0, 0.1) is 17.0 Å². The molecule has 9 nitrogen and oxygen atoms in total. The molecule has 0 radical (unpaired) electrons. The highest BCUT2D eigenvalue weighted by Crippen LogP contribution is 2.34. The Morgan fingerprint density at radius 1 is 1.12 bits per heavy atom. The molecule has 3 aromatic rings. The number of aryl methyl sites for hydroxylation is 1. The average molecular weight is 468 g/mol. The molecule has 0 unspecified atom stereocenters. The van der Waals surface area contributed by atoms with Gasteiger partial charge in [-0.3, -0.25) is 14.9 Å². The third-order valence-electron chi connectivity index (χ3n) is 4.99. The number of esters is 1. The second-order valence-corrected chi connectivity index (χ2v) is 8.25. The number of nitro benzene ring substituents is 1. The van der Waals surface area contributed by atoms with E-state index in [1.54, 1.807) is 18.2 Å². The number of nitro groups is 1. The fourth-order valence-electron chi connectivity index (χ4n) is 3.36. The predicted octanol–water partition coefficient (Wildman–Crippen LogP) is 4.13. The van der Waals surface area contributed by atoms with Crippen LogP contribution in [0.3, 0.4) is 0 Å². The van der Waals surface area contributed by atoms with Gasteiger partial charge >= 0.3 is 5.97 Å². The first-order chi connectivity index (χ1) is 15.9. The molecule has 10 heteroatoms. The van der Waals surface area contributed by atoms with Gasteiger partial charge in [0.25, 0.3) is 11.6 Å². The quantitative estimate of drug-likeness (QED) is 0.291. The molecule has 0 N–H and O–H groups in total. The summed E-state index contributed by atoms with van der Waals surface area (Å²) in [6, 6.07) is 12.9. The molecule has 0 spiro atoms. The first-order valence-corrected chi connectivity index (χ1v) is 10.9. The fraction of sp³-hybridized carbons (Fsp3) is 0.217. The van der Waals surface area contributed by atoms with Crippen molar-refractivity contribution >= 4 is 34.6 Å². The Bertz CT molecular complexity index is 1190. The number of amides is 1. The van der Waals surface area contributed by atoms with E-state index >= 15 is 0 Å². The largest absolute Gasteiger partial charge is 0.486 e.